The predicted molar refractivity (Wildman–Crippen MR) is 69.7 cm³/mol. The Morgan fingerprint density at radius 2 is 1.80 bits per heavy atom. The van der Waals surface area contributed by atoms with Crippen molar-refractivity contribution in [2.75, 3.05) is 6.54 Å². The Balaban J connectivity index is 4.02. The molecule has 3 atom stereocenters. The van der Waals surface area contributed by atoms with Crippen LogP contribution in [0.4, 0.5) is 0 Å². The van der Waals surface area contributed by atoms with Gasteiger partial charge in [-0.05, 0) is 47.1 Å². The molecule has 0 rings (SSSR count). The number of hydrogen-bond donors (Lipinski definition) is 1. The third-order valence-corrected chi connectivity index (χ3v) is 4.53. The van der Waals surface area contributed by atoms with Gasteiger partial charge in [0.25, 0.3) is 0 Å². The molecule has 0 fully saturated rings. The normalized spacial score (nSPS) is 18.5. The standard InChI is InChI=1S/C12H27NOS/c1-7-8-13-10(2)9-11(3)15(14)12(4,5)6/h10-11,13H,7-9H2,1-6H3. The summed E-state index contributed by atoms with van der Waals surface area (Å²) in [6.45, 7) is 13.6. The van der Waals surface area contributed by atoms with Crippen LogP contribution in [0.3, 0.4) is 0 Å². The smallest absolute Gasteiger partial charge is 0.0377 e. The van der Waals surface area contributed by atoms with E-state index in [0.717, 1.165) is 19.4 Å². The third-order valence-electron chi connectivity index (χ3n) is 2.40. The molecule has 0 spiro atoms. The van der Waals surface area contributed by atoms with E-state index in [4.69, 9.17) is 0 Å². The van der Waals surface area contributed by atoms with Gasteiger partial charge >= 0.3 is 0 Å². The predicted octanol–water partition coefficient (Wildman–Crippen LogP) is 2.70. The maximum atomic E-state index is 12.1. The summed E-state index contributed by atoms with van der Waals surface area (Å²) in [5.74, 6) is 0. The molecule has 0 aromatic rings. The number of hydrogen-bond acceptors (Lipinski definition) is 2. The molecule has 0 aliphatic heterocycles. The molecule has 0 bridgehead atoms. The van der Waals surface area contributed by atoms with Gasteiger partial charge in [0, 0.05) is 26.8 Å². The van der Waals surface area contributed by atoms with E-state index < -0.39 is 10.8 Å². The Bertz CT molecular complexity index is 198. The van der Waals surface area contributed by atoms with Gasteiger partial charge in [-0.3, -0.25) is 4.21 Å². The first kappa shape index (κ1) is 15.1. The quantitative estimate of drug-likeness (QED) is 0.764. The Hall–Kier alpha value is 0.110. The van der Waals surface area contributed by atoms with E-state index >= 15 is 0 Å². The summed E-state index contributed by atoms with van der Waals surface area (Å²) in [6, 6.07) is 0.464. The third kappa shape index (κ3) is 6.31. The van der Waals surface area contributed by atoms with Gasteiger partial charge in [0.2, 0.25) is 0 Å². The van der Waals surface area contributed by atoms with E-state index in [-0.39, 0.29) is 10.00 Å². The molecule has 0 aliphatic rings. The average molecular weight is 233 g/mol. The molecule has 15 heavy (non-hydrogen) atoms. The Morgan fingerprint density at radius 1 is 1.27 bits per heavy atom. The molecule has 2 nitrogen and oxygen atoms in total. The number of nitrogens with one attached hydrogen (secondary N) is 1. The lowest BCUT2D eigenvalue weighted by Crippen LogP contribution is -2.35. The van der Waals surface area contributed by atoms with Crippen LogP contribution in [0.25, 0.3) is 0 Å². The van der Waals surface area contributed by atoms with Gasteiger partial charge in [0.15, 0.2) is 0 Å². The maximum absolute atomic E-state index is 12.1. The lowest BCUT2D eigenvalue weighted by atomic mass is 10.2. The average Bonchev–Trinajstić information content (AvgIpc) is 2.11. The molecular weight excluding hydrogens is 206 g/mol. The molecule has 0 saturated carbocycles. The monoisotopic (exact) mass is 233 g/mol. The van der Waals surface area contributed by atoms with Crippen molar-refractivity contribution < 1.29 is 4.21 Å². The zero-order valence-electron chi connectivity index (χ0n) is 11.1. The Morgan fingerprint density at radius 3 is 2.20 bits per heavy atom. The minimum atomic E-state index is -0.748. The molecule has 92 valence electrons. The Kier molecular flexibility index (Phi) is 6.69. The first-order valence-corrected chi connectivity index (χ1v) is 7.14. The van der Waals surface area contributed by atoms with Crippen molar-refractivity contribution in [2.45, 2.75) is 70.4 Å². The minimum absolute atomic E-state index is 0.0934. The van der Waals surface area contributed by atoms with Crippen molar-refractivity contribution in [3.8, 4) is 0 Å². The van der Waals surface area contributed by atoms with E-state index in [2.05, 4.69) is 26.1 Å². The van der Waals surface area contributed by atoms with Crippen LogP contribution in [0.2, 0.25) is 0 Å². The molecule has 3 heteroatoms. The molecular formula is C12H27NOS. The first-order chi connectivity index (χ1) is 6.79. The highest BCUT2D eigenvalue weighted by Gasteiger charge is 2.25. The summed E-state index contributed by atoms with van der Waals surface area (Å²) in [6.07, 6.45) is 2.14. The highest BCUT2D eigenvalue weighted by molar-refractivity contribution is 7.87. The maximum Gasteiger partial charge on any atom is 0.0377 e. The molecule has 1 N–H and O–H groups in total. The molecule has 0 aliphatic carbocycles. The van der Waals surface area contributed by atoms with Gasteiger partial charge in [-0.1, -0.05) is 13.8 Å². The van der Waals surface area contributed by atoms with E-state index in [1.807, 2.05) is 20.8 Å². The summed E-state index contributed by atoms with van der Waals surface area (Å²) in [4.78, 5) is 0. The van der Waals surface area contributed by atoms with Gasteiger partial charge < -0.3 is 5.32 Å². The molecule has 0 aromatic carbocycles. The van der Waals surface area contributed by atoms with Crippen molar-refractivity contribution in [1.29, 1.82) is 0 Å². The lowest BCUT2D eigenvalue weighted by Gasteiger charge is -2.25. The second-order valence-corrected chi connectivity index (χ2v) is 7.94. The van der Waals surface area contributed by atoms with Gasteiger partial charge in [-0.2, -0.15) is 0 Å². The zero-order chi connectivity index (χ0) is 12.1. The first-order valence-electron chi connectivity index (χ1n) is 5.93. The SMILES string of the molecule is CCCNC(C)CC(C)S(=O)C(C)(C)C. The van der Waals surface area contributed by atoms with Crippen LogP contribution in [-0.4, -0.2) is 26.8 Å². The largest absolute Gasteiger partial charge is 0.314 e. The number of rotatable bonds is 6. The lowest BCUT2D eigenvalue weighted by molar-refractivity contribution is 0.505. The van der Waals surface area contributed by atoms with Crippen LogP contribution < -0.4 is 5.32 Å². The van der Waals surface area contributed by atoms with Crippen LogP contribution in [0.5, 0.6) is 0 Å². The van der Waals surface area contributed by atoms with Gasteiger partial charge in [0.05, 0.1) is 0 Å². The van der Waals surface area contributed by atoms with Crippen LogP contribution >= 0.6 is 0 Å². The highest BCUT2D eigenvalue weighted by atomic mass is 32.2. The van der Waals surface area contributed by atoms with Crippen LogP contribution in [-0.2, 0) is 10.8 Å². The fourth-order valence-electron chi connectivity index (χ4n) is 1.66. The Labute approximate surface area is 97.7 Å². The van der Waals surface area contributed by atoms with Crippen LogP contribution in [0.1, 0.15) is 54.4 Å². The molecule has 0 saturated heterocycles. The second kappa shape index (κ2) is 6.64. The summed E-state index contributed by atoms with van der Waals surface area (Å²) >= 11 is 0. The molecule has 0 radical (unpaired) electrons. The van der Waals surface area contributed by atoms with E-state index in [1.165, 1.54) is 0 Å². The molecule has 3 unspecified atom stereocenters. The summed E-state index contributed by atoms with van der Waals surface area (Å²) in [7, 11) is -0.748. The van der Waals surface area contributed by atoms with Crippen LogP contribution in [0, 0.1) is 0 Å². The summed E-state index contributed by atoms with van der Waals surface area (Å²) < 4.78 is 12.0. The summed E-state index contributed by atoms with van der Waals surface area (Å²) in [5, 5.41) is 3.70. The van der Waals surface area contributed by atoms with E-state index in [9.17, 15) is 4.21 Å². The fourth-order valence-corrected chi connectivity index (χ4v) is 3.33. The van der Waals surface area contributed by atoms with E-state index in [0.29, 0.717) is 6.04 Å². The zero-order valence-corrected chi connectivity index (χ0v) is 11.9. The van der Waals surface area contributed by atoms with Gasteiger partial charge in [-0.15, -0.1) is 0 Å². The van der Waals surface area contributed by atoms with Gasteiger partial charge in [0.1, 0.15) is 0 Å². The second-order valence-electron chi connectivity index (χ2n) is 5.31. The molecule has 0 aromatic heterocycles. The fraction of sp³-hybridized carbons (Fsp3) is 1.00. The van der Waals surface area contributed by atoms with Crippen molar-refractivity contribution in [1.82, 2.24) is 5.32 Å². The molecule has 0 amide bonds. The van der Waals surface area contributed by atoms with Crippen molar-refractivity contribution in [2.24, 2.45) is 0 Å². The van der Waals surface area contributed by atoms with E-state index in [1.54, 1.807) is 0 Å². The summed E-state index contributed by atoms with van der Waals surface area (Å²) in [5.41, 5.74) is 0. The molecule has 0 heterocycles. The topological polar surface area (TPSA) is 29.1 Å². The highest BCUT2D eigenvalue weighted by Crippen LogP contribution is 2.18. The van der Waals surface area contributed by atoms with Crippen molar-refractivity contribution in [3.63, 3.8) is 0 Å². The van der Waals surface area contributed by atoms with Gasteiger partial charge in [-0.25, -0.2) is 0 Å². The van der Waals surface area contributed by atoms with Crippen molar-refractivity contribution in [3.05, 3.63) is 0 Å². The van der Waals surface area contributed by atoms with Crippen molar-refractivity contribution >= 4 is 10.8 Å². The minimum Gasteiger partial charge on any atom is -0.314 e. The van der Waals surface area contributed by atoms with Crippen LogP contribution in [0.15, 0.2) is 0 Å².